The first kappa shape index (κ1) is 20.5. The Morgan fingerprint density at radius 3 is 2.84 bits per heavy atom. The van der Waals surface area contributed by atoms with Gasteiger partial charge in [-0.3, -0.25) is 14.2 Å². The highest BCUT2D eigenvalue weighted by atomic mass is 32.2. The van der Waals surface area contributed by atoms with Crippen LogP contribution in [0, 0.1) is 6.92 Å². The molecule has 160 valence electrons. The van der Waals surface area contributed by atoms with Gasteiger partial charge in [0.2, 0.25) is 5.91 Å². The summed E-state index contributed by atoms with van der Waals surface area (Å²) < 4.78 is 1.76. The van der Waals surface area contributed by atoms with E-state index in [1.165, 1.54) is 0 Å². The summed E-state index contributed by atoms with van der Waals surface area (Å²) in [5.41, 5.74) is 3.92. The number of amides is 1. The van der Waals surface area contributed by atoms with Gasteiger partial charge in [0.05, 0.1) is 24.0 Å². The van der Waals surface area contributed by atoms with Crippen molar-refractivity contribution in [2.24, 2.45) is 0 Å². The van der Waals surface area contributed by atoms with Gasteiger partial charge >= 0.3 is 0 Å². The predicted octanol–water partition coefficient (Wildman–Crippen LogP) is 3.91. The fourth-order valence-electron chi connectivity index (χ4n) is 4.23. The molecule has 1 N–H and O–H groups in total. The van der Waals surface area contributed by atoms with Gasteiger partial charge in [-0.05, 0) is 32.6 Å². The van der Waals surface area contributed by atoms with Crippen molar-refractivity contribution in [3.05, 3.63) is 62.5 Å². The SMILES string of the molecule is Cc1nc(-c2ccccc2)sc1CNC(=O)CC1CSc2nc3c(c(=O)n21)CCCC3. The number of thioether (sulfide) groups is 1. The van der Waals surface area contributed by atoms with Gasteiger partial charge in [0.1, 0.15) is 5.01 Å². The lowest BCUT2D eigenvalue weighted by Crippen LogP contribution is -2.33. The summed E-state index contributed by atoms with van der Waals surface area (Å²) in [5.74, 6) is 0.674. The normalized spacial score (nSPS) is 17.3. The van der Waals surface area contributed by atoms with Gasteiger partial charge < -0.3 is 5.32 Å². The number of carbonyl (C=O) groups is 1. The monoisotopic (exact) mass is 452 g/mol. The van der Waals surface area contributed by atoms with Crippen LogP contribution in [0.25, 0.3) is 10.6 Å². The molecule has 1 aromatic carbocycles. The van der Waals surface area contributed by atoms with Gasteiger partial charge in [-0.25, -0.2) is 9.97 Å². The van der Waals surface area contributed by atoms with Crippen LogP contribution in [0.2, 0.25) is 0 Å². The standard InChI is InChI=1S/C23H24N4O2S2/c1-14-19(31-21(25-14)15-7-3-2-4-8-15)12-24-20(28)11-16-13-30-23-26-18-10-6-5-9-17(18)22(29)27(16)23/h2-4,7-8,16H,5-6,9-13H2,1H3,(H,24,28). The Morgan fingerprint density at radius 2 is 2.00 bits per heavy atom. The van der Waals surface area contributed by atoms with Gasteiger partial charge in [-0.1, -0.05) is 42.1 Å². The molecule has 5 rings (SSSR count). The van der Waals surface area contributed by atoms with E-state index < -0.39 is 0 Å². The molecule has 1 atom stereocenters. The highest BCUT2D eigenvalue weighted by molar-refractivity contribution is 7.99. The summed E-state index contributed by atoms with van der Waals surface area (Å²) in [6.45, 7) is 2.43. The first-order valence-corrected chi connectivity index (χ1v) is 12.5. The molecule has 8 heteroatoms. The van der Waals surface area contributed by atoms with Crippen molar-refractivity contribution in [3.63, 3.8) is 0 Å². The third-order valence-corrected chi connectivity index (χ3v) is 8.21. The molecule has 1 aliphatic carbocycles. The van der Waals surface area contributed by atoms with E-state index >= 15 is 0 Å². The molecule has 2 aliphatic rings. The van der Waals surface area contributed by atoms with E-state index in [1.54, 1.807) is 27.7 Å². The lowest BCUT2D eigenvalue weighted by Gasteiger charge is -2.18. The summed E-state index contributed by atoms with van der Waals surface area (Å²) in [4.78, 5) is 36.2. The molecule has 3 heterocycles. The van der Waals surface area contributed by atoms with E-state index in [9.17, 15) is 9.59 Å². The van der Waals surface area contributed by atoms with Gasteiger partial charge in [-0.2, -0.15) is 0 Å². The molecular weight excluding hydrogens is 428 g/mol. The predicted molar refractivity (Wildman–Crippen MR) is 124 cm³/mol. The Morgan fingerprint density at radius 1 is 1.19 bits per heavy atom. The summed E-state index contributed by atoms with van der Waals surface area (Å²) >= 11 is 3.20. The number of rotatable bonds is 5. The maximum Gasteiger partial charge on any atom is 0.257 e. The smallest absolute Gasteiger partial charge is 0.257 e. The molecule has 31 heavy (non-hydrogen) atoms. The van der Waals surface area contributed by atoms with Crippen LogP contribution in [0.5, 0.6) is 0 Å². The molecule has 6 nitrogen and oxygen atoms in total. The van der Waals surface area contributed by atoms with Gasteiger partial charge in [0.25, 0.3) is 5.56 Å². The minimum absolute atomic E-state index is 0.0443. The zero-order valence-electron chi connectivity index (χ0n) is 17.4. The zero-order valence-corrected chi connectivity index (χ0v) is 19.0. The second kappa shape index (κ2) is 8.59. The largest absolute Gasteiger partial charge is 0.351 e. The van der Waals surface area contributed by atoms with Crippen molar-refractivity contribution >= 4 is 29.0 Å². The van der Waals surface area contributed by atoms with E-state index in [1.807, 2.05) is 37.3 Å². The summed E-state index contributed by atoms with van der Waals surface area (Å²) in [6.07, 6.45) is 4.13. The number of benzene rings is 1. The Balaban J connectivity index is 1.26. The Labute approximate surface area is 189 Å². The molecule has 0 bridgehead atoms. The van der Waals surface area contributed by atoms with Crippen LogP contribution >= 0.6 is 23.1 Å². The van der Waals surface area contributed by atoms with Crippen molar-refractivity contribution in [2.75, 3.05) is 5.75 Å². The van der Waals surface area contributed by atoms with Gasteiger partial charge in [0, 0.05) is 28.2 Å². The Hall–Kier alpha value is -2.45. The number of hydrogen-bond acceptors (Lipinski definition) is 6. The van der Waals surface area contributed by atoms with Crippen molar-refractivity contribution in [2.45, 2.75) is 56.8 Å². The van der Waals surface area contributed by atoms with Gasteiger partial charge in [-0.15, -0.1) is 11.3 Å². The van der Waals surface area contributed by atoms with Crippen LogP contribution in [0.1, 0.15) is 47.1 Å². The highest BCUT2D eigenvalue weighted by Gasteiger charge is 2.30. The second-order valence-electron chi connectivity index (χ2n) is 8.04. The lowest BCUT2D eigenvalue weighted by molar-refractivity contribution is -0.121. The topological polar surface area (TPSA) is 76.9 Å². The first-order chi connectivity index (χ1) is 15.1. The molecule has 1 amide bonds. The number of carbonyl (C=O) groups excluding carboxylic acids is 1. The minimum atomic E-state index is -0.130. The van der Waals surface area contributed by atoms with Crippen LogP contribution in [-0.2, 0) is 24.2 Å². The third-order valence-electron chi connectivity index (χ3n) is 5.90. The van der Waals surface area contributed by atoms with Crippen LogP contribution in [0.15, 0.2) is 40.3 Å². The van der Waals surface area contributed by atoms with Crippen molar-refractivity contribution in [1.82, 2.24) is 19.9 Å². The molecular formula is C23H24N4O2S2. The van der Waals surface area contributed by atoms with E-state index in [2.05, 4.69) is 10.3 Å². The number of thiazole rings is 1. The number of aromatic nitrogens is 3. The van der Waals surface area contributed by atoms with Gasteiger partial charge in [0.15, 0.2) is 5.16 Å². The number of fused-ring (bicyclic) bond motifs is 2. The number of nitrogens with one attached hydrogen (secondary N) is 1. The van der Waals surface area contributed by atoms with Crippen molar-refractivity contribution in [1.29, 1.82) is 0 Å². The Kier molecular flexibility index (Phi) is 5.67. The Bertz CT molecular complexity index is 1190. The van der Waals surface area contributed by atoms with Crippen LogP contribution in [-0.4, -0.2) is 26.2 Å². The zero-order chi connectivity index (χ0) is 21.4. The van der Waals surface area contributed by atoms with Crippen LogP contribution in [0.4, 0.5) is 0 Å². The molecule has 1 aliphatic heterocycles. The fraction of sp³-hybridized carbons (Fsp3) is 0.391. The molecule has 0 saturated carbocycles. The van der Waals surface area contributed by atoms with Crippen LogP contribution < -0.4 is 10.9 Å². The molecule has 3 aromatic rings. The number of nitrogens with zero attached hydrogens (tertiary/aromatic N) is 3. The van der Waals surface area contributed by atoms with E-state index in [4.69, 9.17) is 4.98 Å². The average Bonchev–Trinajstić information content (AvgIpc) is 3.36. The molecule has 0 spiro atoms. The highest BCUT2D eigenvalue weighted by Crippen LogP contribution is 2.34. The van der Waals surface area contributed by atoms with Crippen molar-refractivity contribution < 1.29 is 4.79 Å². The summed E-state index contributed by atoms with van der Waals surface area (Å²) in [7, 11) is 0. The average molecular weight is 453 g/mol. The van der Waals surface area contributed by atoms with E-state index in [-0.39, 0.29) is 17.5 Å². The van der Waals surface area contributed by atoms with Crippen LogP contribution in [0.3, 0.4) is 0 Å². The molecule has 1 unspecified atom stereocenters. The molecule has 0 saturated heterocycles. The molecule has 0 radical (unpaired) electrons. The molecule has 0 fully saturated rings. The third kappa shape index (κ3) is 4.06. The quantitative estimate of drug-likeness (QED) is 0.594. The number of hydrogen-bond donors (Lipinski definition) is 1. The molecule has 2 aromatic heterocycles. The number of aryl methyl sites for hydroxylation is 2. The second-order valence-corrected chi connectivity index (χ2v) is 10.1. The lowest BCUT2D eigenvalue weighted by atomic mass is 9.97. The van der Waals surface area contributed by atoms with E-state index in [0.717, 1.165) is 69.0 Å². The maximum atomic E-state index is 13.0. The van der Waals surface area contributed by atoms with Crippen molar-refractivity contribution in [3.8, 4) is 10.6 Å². The fourth-order valence-corrected chi connectivity index (χ4v) is 6.39. The summed E-state index contributed by atoms with van der Waals surface area (Å²) in [5, 5.41) is 4.77. The summed E-state index contributed by atoms with van der Waals surface area (Å²) in [6, 6.07) is 9.94. The van der Waals surface area contributed by atoms with E-state index in [0.29, 0.717) is 13.0 Å². The minimum Gasteiger partial charge on any atom is -0.351 e. The first-order valence-electron chi connectivity index (χ1n) is 10.7. The maximum absolute atomic E-state index is 13.0.